The molecule has 0 saturated carbocycles. The van der Waals surface area contributed by atoms with Crippen LogP contribution in [0.3, 0.4) is 0 Å². The van der Waals surface area contributed by atoms with Crippen LogP contribution in [0.2, 0.25) is 0 Å². The lowest BCUT2D eigenvalue weighted by molar-refractivity contribution is -0.146. The van der Waals surface area contributed by atoms with Crippen LogP contribution in [-0.4, -0.2) is 104 Å². The molecule has 4 fully saturated rings. The van der Waals surface area contributed by atoms with Gasteiger partial charge < -0.3 is 34.5 Å². The molecule has 5 aliphatic heterocycles. The van der Waals surface area contributed by atoms with Gasteiger partial charge in [0, 0.05) is 65.8 Å². The van der Waals surface area contributed by atoms with Gasteiger partial charge in [-0.3, -0.25) is 38.6 Å². The van der Waals surface area contributed by atoms with Gasteiger partial charge in [-0.15, -0.1) is 11.3 Å². The lowest BCUT2D eigenvalue weighted by atomic mass is 9.90. The minimum atomic E-state index is -5.81. The van der Waals surface area contributed by atoms with Crippen molar-refractivity contribution < 1.29 is 56.6 Å². The van der Waals surface area contributed by atoms with Crippen LogP contribution in [-0.2, 0) is 36.0 Å². The molecule has 3 aromatic carbocycles. The Balaban J connectivity index is 0.768. The highest BCUT2D eigenvalue weighted by Gasteiger charge is 2.51. The Morgan fingerprint density at radius 2 is 1.75 bits per heavy atom. The van der Waals surface area contributed by atoms with Crippen molar-refractivity contribution in [2.45, 2.75) is 119 Å². The van der Waals surface area contributed by atoms with E-state index in [1.54, 1.807) is 21.9 Å². The number of ether oxygens (including phenoxy) is 1. The van der Waals surface area contributed by atoms with Crippen molar-refractivity contribution in [2.75, 3.05) is 19.7 Å². The van der Waals surface area contributed by atoms with E-state index in [0.29, 0.717) is 67.6 Å². The highest BCUT2D eigenvalue weighted by atomic mass is 32.1. The quantitative estimate of drug-likeness (QED) is 0.0478. The number of nitrogens with zero attached hydrogens (tertiary/aromatic N) is 4. The summed E-state index contributed by atoms with van der Waals surface area (Å²) in [4.78, 5) is 103. The molecule has 5 aliphatic rings. The molecule has 4 N–H and O–H groups in total. The summed E-state index contributed by atoms with van der Waals surface area (Å²) in [6.07, 6.45) is 7.09. The molecule has 376 valence electrons. The van der Waals surface area contributed by atoms with Crippen LogP contribution in [0.15, 0.2) is 66.7 Å². The second-order valence-corrected chi connectivity index (χ2v) is 21.8. The summed E-state index contributed by atoms with van der Waals surface area (Å²) in [5.41, 5.74) is -2.38. The Hall–Kier alpha value is -6.50. The van der Waals surface area contributed by atoms with Gasteiger partial charge in [0.2, 0.25) is 23.6 Å². The molecular formula is C52H53F2N6O10PS. The average molecular weight is 1020 g/mol. The Morgan fingerprint density at radius 1 is 0.944 bits per heavy atom. The molecule has 9 rings (SSSR count). The van der Waals surface area contributed by atoms with Gasteiger partial charge in [0.1, 0.15) is 23.9 Å². The number of imide groups is 1. The van der Waals surface area contributed by atoms with E-state index >= 15 is 0 Å². The number of carbonyl (C=O) groups is 6. The number of amides is 6. The van der Waals surface area contributed by atoms with Crippen LogP contribution >= 0.6 is 18.9 Å². The fourth-order valence-electron chi connectivity index (χ4n) is 10.7. The maximum absolute atomic E-state index is 14.5. The van der Waals surface area contributed by atoms with Crippen molar-refractivity contribution in [3.8, 4) is 23.7 Å². The molecule has 0 spiro atoms. The van der Waals surface area contributed by atoms with Crippen LogP contribution < -0.4 is 15.4 Å². The van der Waals surface area contributed by atoms with E-state index in [4.69, 9.17) is 4.74 Å². The Morgan fingerprint density at radius 3 is 2.54 bits per heavy atom. The van der Waals surface area contributed by atoms with Crippen molar-refractivity contribution in [3.63, 3.8) is 0 Å². The summed E-state index contributed by atoms with van der Waals surface area (Å²) in [6, 6.07) is 17.2. The first-order valence-corrected chi connectivity index (χ1v) is 26.7. The maximum atomic E-state index is 14.5. The van der Waals surface area contributed by atoms with E-state index in [1.807, 2.05) is 30.3 Å². The summed E-state index contributed by atoms with van der Waals surface area (Å²) in [7, 11) is -5.81. The number of piperidine rings is 1. The van der Waals surface area contributed by atoms with E-state index < -0.39 is 54.7 Å². The molecule has 4 aromatic rings. The van der Waals surface area contributed by atoms with Crippen molar-refractivity contribution >= 4 is 64.5 Å². The predicted octanol–water partition coefficient (Wildman–Crippen LogP) is 6.68. The molecule has 3 unspecified atom stereocenters. The lowest BCUT2D eigenvalue weighted by Crippen LogP contribution is -2.56. The number of carbonyl (C=O) groups excluding carboxylic acids is 6. The number of nitrogens with one attached hydrogen (secondary N) is 2. The summed E-state index contributed by atoms with van der Waals surface area (Å²) in [5.74, 6) is 4.02. The lowest BCUT2D eigenvalue weighted by Gasteiger charge is -2.36. The topological polar surface area (TPSA) is 227 Å². The third-order valence-corrected chi connectivity index (χ3v) is 16.6. The predicted molar refractivity (Wildman–Crippen MR) is 259 cm³/mol. The van der Waals surface area contributed by atoms with E-state index in [0.717, 1.165) is 65.8 Å². The SMILES string of the molecule is N#C[C@@H]1CN(C(=O)[C@@H]2CC[C@@H]3CCCCC(NC(=O)c4cc5cc(C(F)(F)P(=O)(O)O)ccc5s4)C(=O)N32)CC1c1cccc(OCCCCCC#Cc2cccc3c2CN(C2CCC(=O)NC2=O)C3=O)c1. The molecule has 6 amide bonds. The first-order valence-electron chi connectivity index (χ1n) is 24.3. The summed E-state index contributed by atoms with van der Waals surface area (Å²) in [6.45, 7) is 1.19. The molecular weight excluding hydrogens is 970 g/mol. The van der Waals surface area contributed by atoms with Crippen LogP contribution in [0, 0.1) is 29.1 Å². The van der Waals surface area contributed by atoms with Crippen molar-refractivity contribution in [1.82, 2.24) is 25.3 Å². The average Bonchev–Trinajstić information content (AvgIpc) is 4.16. The summed E-state index contributed by atoms with van der Waals surface area (Å²) in [5, 5.41) is 15.6. The van der Waals surface area contributed by atoms with E-state index in [-0.39, 0.29) is 71.9 Å². The number of unbranched alkanes of at least 4 members (excludes halogenated alkanes) is 3. The van der Waals surface area contributed by atoms with Gasteiger partial charge in [-0.25, -0.2) is 0 Å². The first kappa shape index (κ1) is 50.4. The number of nitriles is 1. The fraction of sp³-hybridized carbons (Fsp3) is 0.442. The van der Waals surface area contributed by atoms with E-state index in [1.165, 1.54) is 17.0 Å². The first-order chi connectivity index (χ1) is 34.5. The minimum absolute atomic E-state index is 0.123. The van der Waals surface area contributed by atoms with Gasteiger partial charge in [0.15, 0.2) is 0 Å². The highest BCUT2D eigenvalue weighted by molar-refractivity contribution is 7.52. The van der Waals surface area contributed by atoms with Gasteiger partial charge >= 0.3 is 13.3 Å². The fourth-order valence-corrected chi connectivity index (χ4v) is 12.1. The molecule has 6 atom stereocenters. The summed E-state index contributed by atoms with van der Waals surface area (Å²) >= 11 is 0.992. The smallest absolute Gasteiger partial charge is 0.399 e. The third-order valence-electron chi connectivity index (χ3n) is 14.5. The van der Waals surface area contributed by atoms with Crippen LogP contribution in [0.4, 0.5) is 8.78 Å². The highest BCUT2D eigenvalue weighted by Crippen LogP contribution is 2.59. The number of halogens is 2. The van der Waals surface area contributed by atoms with Crippen molar-refractivity contribution in [2.24, 2.45) is 5.92 Å². The molecule has 20 heteroatoms. The zero-order chi connectivity index (χ0) is 50.9. The largest absolute Gasteiger partial charge is 0.494 e. The number of thiophene rings is 1. The normalized spacial score (nSPS) is 23.4. The number of hydrogen-bond donors (Lipinski definition) is 4. The molecule has 4 saturated heterocycles. The molecule has 1 aromatic heterocycles. The maximum Gasteiger partial charge on any atom is 0.399 e. The number of rotatable bonds is 13. The number of alkyl halides is 2. The van der Waals surface area contributed by atoms with E-state index in [9.17, 15) is 57.2 Å². The molecule has 6 heterocycles. The monoisotopic (exact) mass is 1020 g/mol. The summed E-state index contributed by atoms with van der Waals surface area (Å²) < 4.78 is 47.0. The van der Waals surface area contributed by atoms with Crippen LogP contribution in [0.5, 0.6) is 5.75 Å². The van der Waals surface area contributed by atoms with Gasteiger partial charge in [0.05, 0.1) is 23.5 Å². The zero-order valence-corrected chi connectivity index (χ0v) is 40.9. The number of fused-ring (bicyclic) bond motifs is 3. The second-order valence-electron chi connectivity index (χ2n) is 19.1. The molecule has 0 aliphatic carbocycles. The van der Waals surface area contributed by atoms with Gasteiger partial charge in [-0.05, 0) is 110 Å². The second kappa shape index (κ2) is 20.9. The van der Waals surface area contributed by atoms with Gasteiger partial charge in [-0.2, -0.15) is 14.0 Å². The van der Waals surface area contributed by atoms with Crippen LogP contribution in [0.25, 0.3) is 10.1 Å². The molecule has 0 radical (unpaired) electrons. The van der Waals surface area contributed by atoms with Crippen molar-refractivity contribution in [3.05, 3.63) is 99.4 Å². The van der Waals surface area contributed by atoms with Crippen molar-refractivity contribution in [1.29, 1.82) is 5.26 Å². The Bertz CT molecular complexity index is 3000. The zero-order valence-electron chi connectivity index (χ0n) is 39.2. The van der Waals surface area contributed by atoms with E-state index in [2.05, 4.69) is 28.5 Å². The van der Waals surface area contributed by atoms with Gasteiger partial charge in [0.25, 0.3) is 11.8 Å². The van der Waals surface area contributed by atoms with Crippen LogP contribution in [0.1, 0.15) is 125 Å². The third kappa shape index (κ3) is 10.3. The molecule has 16 nitrogen and oxygen atoms in total. The molecule has 72 heavy (non-hydrogen) atoms. The van der Waals surface area contributed by atoms with Gasteiger partial charge in [-0.1, -0.05) is 48.9 Å². The Kier molecular flexibility index (Phi) is 14.7. The number of hydrogen-bond acceptors (Lipinski definition) is 10. The number of benzene rings is 3. The Labute approximate surface area is 418 Å². The minimum Gasteiger partial charge on any atom is -0.494 e. The standard InChI is InChI=1S/C52H53F2N6O10PS/c53-52(54,71(67,68)69)35-17-21-44-33(24-35)26-45(72-44)48(63)56-41-16-6-5-13-36-18-19-43(60(36)50(41)65)51(66)58-28-34(27-55)39(29-58)32-12-8-14-37(25-32)70-23-7-3-1-2-4-10-31-11-9-15-38-40(31)30-59(49(38)64)42-20-22-46(61)57-47(42)62/h8-9,11-12,14-15,17,21,24-26,34,36,39,41-43H,1-3,5-7,13,16,18-20,22-23,28-30H2,(H,56,63)(H,57,61,62)(H2,67,68,69)/t34-,36+,39?,41?,42?,43+/m1/s1. The number of likely N-dealkylation sites (tertiary alicyclic amines) is 1. The molecule has 0 bridgehead atoms.